The summed E-state index contributed by atoms with van der Waals surface area (Å²) in [6.45, 7) is 11.6. The van der Waals surface area contributed by atoms with Gasteiger partial charge in [0.1, 0.15) is 6.23 Å². The van der Waals surface area contributed by atoms with Crippen LogP contribution >= 0.6 is 0 Å². The summed E-state index contributed by atoms with van der Waals surface area (Å²) in [5.41, 5.74) is 7.59. The Labute approximate surface area is 293 Å². The van der Waals surface area contributed by atoms with Gasteiger partial charge < -0.3 is 25.2 Å². The van der Waals surface area contributed by atoms with Crippen molar-refractivity contribution in [2.24, 2.45) is 0 Å². The number of aromatic nitrogens is 3. The molecule has 0 spiro atoms. The van der Waals surface area contributed by atoms with E-state index in [0.717, 1.165) is 59.0 Å². The first-order chi connectivity index (χ1) is 24.1. The van der Waals surface area contributed by atoms with Gasteiger partial charge in [0.05, 0.1) is 11.3 Å². The smallest absolute Gasteiger partial charge is 0.274 e. The SMILES string of the molecule is CCCCN(CCCC)C(=O)c1cc(C)n(-c2ccc(NC(=O)c3ccc4c(C)c(C)[nH]c4c3)cc2C(=O)N2Cc3ccccc3CC2O)n1. The molecular weight excluding hydrogens is 628 g/mol. The Morgan fingerprint density at radius 3 is 2.38 bits per heavy atom. The van der Waals surface area contributed by atoms with Gasteiger partial charge in [0.2, 0.25) is 0 Å². The second kappa shape index (κ2) is 14.7. The summed E-state index contributed by atoms with van der Waals surface area (Å²) in [5, 5.41) is 19.9. The fourth-order valence-corrected chi connectivity index (χ4v) is 6.65. The minimum atomic E-state index is -1.04. The van der Waals surface area contributed by atoms with Gasteiger partial charge in [-0.1, -0.05) is 57.0 Å². The molecule has 50 heavy (non-hydrogen) atoms. The van der Waals surface area contributed by atoms with Gasteiger partial charge in [0.25, 0.3) is 17.7 Å². The second-order valence-corrected chi connectivity index (χ2v) is 13.3. The lowest BCUT2D eigenvalue weighted by Gasteiger charge is -2.34. The zero-order valence-electron chi connectivity index (χ0n) is 29.5. The molecule has 260 valence electrons. The third-order valence-corrected chi connectivity index (χ3v) is 9.72. The highest BCUT2D eigenvalue weighted by Crippen LogP contribution is 2.29. The zero-order valence-corrected chi connectivity index (χ0v) is 29.5. The number of aliphatic hydroxyl groups is 1. The first-order valence-electron chi connectivity index (χ1n) is 17.6. The maximum Gasteiger partial charge on any atom is 0.274 e. The molecule has 1 unspecified atom stereocenters. The van der Waals surface area contributed by atoms with Crippen LogP contribution in [0.1, 0.15) is 98.8 Å². The molecular formula is C40H46N6O4. The van der Waals surface area contributed by atoms with Gasteiger partial charge in [-0.2, -0.15) is 5.10 Å². The van der Waals surface area contributed by atoms with Gasteiger partial charge in [-0.05, 0) is 86.7 Å². The number of hydrogen-bond donors (Lipinski definition) is 3. The number of fused-ring (bicyclic) bond motifs is 2. The average molecular weight is 675 g/mol. The molecule has 0 saturated heterocycles. The lowest BCUT2D eigenvalue weighted by atomic mass is 9.97. The molecule has 2 aromatic heterocycles. The second-order valence-electron chi connectivity index (χ2n) is 13.3. The van der Waals surface area contributed by atoms with Crippen molar-refractivity contribution in [3.8, 4) is 5.69 Å². The first-order valence-corrected chi connectivity index (χ1v) is 17.6. The summed E-state index contributed by atoms with van der Waals surface area (Å²) in [6, 6.07) is 20.1. The van der Waals surface area contributed by atoms with E-state index in [1.54, 1.807) is 35.0 Å². The number of aromatic amines is 1. The van der Waals surface area contributed by atoms with E-state index < -0.39 is 12.1 Å². The monoisotopic (exact) mass is 674 g/mol. The van der Waals surface area contributed by atoms with Crippen molar-refractivity contribution in [1.29, 1.82) is 0 Å². The van der Waals surface area contributed by atoms with Crippen molar-refractivity contribution >= 4 is 34.3 Å². The molecule has 1 aliphatic rings. The maximum absolute atomic E-state index is 14.4. The summed E-state index contributed by atoms with van der Waals surface area (Å²) in [7, 11) is 0. The number of unbranched alkanes of at least 4 members (excludes halogenated alkanes) is 2. The van der Waals surface area contributed by atoms with Crippen molar-refractivity contribution in [2.75, 3.05) is 18.4 Å². The predicted molar refractivity (Wildman–Crippen MR) is 196 cm³/mol. The molecule has 0 radical (unpaired) electrons. The molecule has 0 fully saturated rings. The normalized spacial score (nSPS) is 14.1. The van der Waals surface area contributed by atoms with Gasteiger partial charge in [0.15, 0.2) is 5.69 Å². The van der Waals surface area contributed by atoms with Crippen molar-refractivity contribution in [2.45, 2.75) is 79.5 Å². The largest absolute Gasteiger partial charge is 0.373 e. The third kappa shape index (κ3) is 6.93. The van der Waals surface area contributed by atoms with Crippen LogP contribution in [0.2, 0.25) is 0 Å². The molecule has 3 N–H and O–H groups in total. The lowest BCUT2D eigenvalue weighted by molar-refractivity contribution is -0.00173. The molecule has 1 aliphatic heterocycles. The number of benzene rings is 3. The molecule has 0 bridgehead atoms. The number of hydrogen-bond acceptors (Lipinski definition) is 5. The van der Waals surface area contributed by atoms with E-state index in [1.807, 2.05) is 62.1 Å². The van der Waals surface area contributed by atoms with Crippen molar-refractivity contribution in [1.82, 2.24) is 24.6 Å². The van der Waals surface area contributed by atoms with Gasteiger partial charge in [0, 0.05) is 59.6 Å². The number of carbonyl (C=O) groups excluding carboxylic acids is 3. The van der Waals surface area contributed by atoms with Crippen molar-refractivity contribution in [3.05, 3.63) is 112 Å². The standard InChI is InChI=1S/C40H46N6O4/c1-6-8-18-44(19-9-7-2)40(50)35-20-25(3)46(43-35)36-17-15-31(42-38(48)29-14-16-32-26(4)27(5)41-34(32)21-29)23-33(36)39(49)45-24-30-13-11-10-12-28(30)22-37(45)47/h10-17,20-21,23,37,41,47H,6-9,18-19,22,24H2,1-5H3,(H,42,48). The number of amides is 3. The summed E-state index contributed by atoms with van der Waals surface area (Å²) in [4.78, 5) is 48.3. The highest BCUT2D eigenvalue weighted by Gasteiger charge is 2.31. The highest BCUT2D eigenvalue weighted by molar-refractivity contribution is 6.07. The number of aryl methyl sites for hydroxylation is 3. The number of H-pyrrole nitrogens is 1. The zero-order chi connectivity index (χ0) is 35.5. The van der Waals surface area contributed by atoms with Gasteiger partial charge >= 0.3 is 0 Å². The van der Waals surface area contributed by atoms with Crippen molar-refractivity contribution < 1.29 is 19.5 Å². The molecule has 0 aliphatic carbocycles. The minimum absolute atomic E-state index is 0.141. The number of anilines is 1. The first kappa shape index (κ1) is 34.6. The van der Waals surface area contributed by atoms with E-state index in [9.17, 15) is 19.5 Å². The summed E-state index contributed by atoms with van der Waals surface area (Å²) in [6.07, 6.45) is 3.03. The van der Waals surface area contributed by atoms with Crippen LogP contribution < -0.4 is 5.32 Å². The summed E-state index contributed by atoms with van der Waals surface area (Å²) in [5.74, 6) is -0.873. The Bertz CT molecular complexity index is 2050. The van der Waals surface area contributed by atoms with Crippen LogP contribution in [-0.4, -0.2) is 66.7 Å². The van der Waals surface area contributed by atoms with E-state index in [1.165, 1.54) is 4.90 Å². The number of rotatable bonds is 11. The predicted octanol–water partition coefficient (Wildman–Crippen LogP) is 7.09. The van der Waals surface area contributed by atoms with Crippen LogP contribution in [0.15, 0.2) is 66.7 Å². The summed E-state index contributed by atoms with van der Waals surface area (Å²) >= 11 is 0. The molecule has 6 rings (SSSR count). The van der Waals surface area contributed by atoms with Crippen LogP contribution in [-0.2, 0) is 13.0 Å². The average Bonchev–Trinajstić information content (AvgIpc) is 3.64. The number of aliphatic hydroxyl groups excluding tert-OH is 1. The Hall–Kier alpha value is -5.22. The van der Waals surface area contributed by atoms with Gasteiger partial charge in [-0.15, -0.1) is 0 Å². The van der Waals surface area contributed by atoms with E-state index >= 15 is 0 Å². The van der Waals surface area contributed by atoms with Crippen LogP contribution in [0.5, 0.6) is 0 Å². The molecule has 1 atom stereocenters. The Morgan fingerprint density at radius 1 is 0.940 bits per heavy atom. The maximum atomic E-state index is 14.4. The Morgan fingerprint density at radius 2 is 1.66 bits per heavy atom. The fourth-order valence-electron chi connectivity index (χ4n) is 6.65. The number of nitrogens with one attached hydrogen (secondary N) is 2. The van der Waals surface area contributed by atoms with Gasteiger partial charge in [-0.3, -0.25) is 14.4 Å². The third-order valence-electron chi connectivity index (χ3n) is 9.72. The van der Waals surface area contributed by atoms with Crippen LogP contribution in [0.25, 0.3) is 16.6 Å². The molecule has 3 amide bonds. The number of carbonyl (C=O) groups is 3. The Balaban J connectivity index is 1.36. The fraction of sp³-hybridized carbons (Fsp3) is 0.350. The van der Waals surface area contributed by atoms with E-state index in [2.05, 4.69) is 24.1 Å². The molecule has 0 saturated carbocycles. The number of nitrogens with zero attached hydrogens (tertiary/aromatic N) is 4. The minimum Gasteiger partial charge on any atom is -0.373 e. The van der Waals surface area contributed by atoms with E-state index in [4.69, 9.17) is 5.10 Å². The summed E-state index contributed by atoms with van der Waals surface area (Å²) < 4.78 is 1.61. The molecule has 3 aromatic carbocycles. The quantitative estimate of drug-likeness (QED) is 0.138. The lowest BCUT2D eigenvalue weighted by Crippen LogP contribution is -2.44. The van der Waals surface area contributed by atoms with Crippen molar-refractivity contribution in [3.63, 3.8) is 0 Å². The molecule has 10 nitrogen and oxygen atoms in total. The molecule has 3 heterocycles. The molecule has 10 heteroatoms. The van der Waals surface area contributed by atoms with Gasteiger partial charge in [-0.25, -0.2) is 4.68 Å². The van der Waals surface area contributed by atoms with Crippen LogP contribution in [0.4, 0.5) is 5.69 Å². The van der Waals surface area contributed by atoms with E-state index in [0.29, 0.717) is 47.8 Å². The van der Waals surface area contributed by atoms with E-state index in [-0.39, 0.29) is 23.9 Å². The van der Waals surface area contributed by atoms with Crippen LogP contribution in [0, 0.1) is 20.8 Å². The highest BCUT2D eigenvalue weighted by atomic mass is 16.3. The Kier molecular flexibility index (Phi) is 10.2. The molecule has 5 aromatic rings. The van der Waals surface area contributed by atoms with Crippen LogP contribution in [0.3, 0.4) is 0 Å². The topological polar surface area (TPSA) is 124 Å².